The van der Waals surface area contributed by atoms with Crippen LogP contribution in [0, 0.1) is 0 Å². The molecule has 0 aliphatic carbocycles. The highest BCUT2D eigenvalue weighted by Crippen LogP contribution is 2.44. The molecule has 0 radical (unpaired) electrons. The summed E-state index contributed by atoms with van der Waals surface area (Å²) in [5.41, 5.74) is 12.0. The third-order valence-electron chi connectivity index (χ3n) is 11.1. The maximum Gasteiger partial charge on any atom is 0.164 e. The molecule has 11 rings (SSSR count). The third-order valence-corrected chi connectivity index (χ3v) is 11.1. The minimum absolute atomic E-state index is 0.0346. The molecule has 8 aromatic carbocycles. The fraction of sp³-hybridized carbons (Fsp3) is 0.0192. The molecule has 1 aliphatic heterocycles. The van der Waals surface area contributed by atoms with Gasteiger partial charge < -0.3 is 9.88 Å². The first-order chi connectivity index (χ1) is 28.3. The van der Waals surface area contributed by atoms with Crippen LogP contribution in [0.1, 0.15) is 22.7 Å². The molecule has 0 spiro atoms. The summed E-state index contributed by atoms with van der Waals surface area (Å²) in [6, 6.07) is 68.1. The molecule has 1 N–H and O–H groups in total. The van der Waals surface area contributed by atoms with Crippen LogP contribution in [-0.4, -0.2) is 19.5 Å². The lowest BCUT2D eigenvalue weighted by molar-refractivity contribution is 0.974. The number of nitrogens with one attached hydrogen (secondary N) is 1. The van der Waals surface area contributed by atoms with E-state index >= 15 is 0 Å². The van der Waals surface area contributed by atoms with Gasteiger partial charge in [0.1, 0.15) is 0 Å². The van der Waals surface area contributed by atoms with Crippen molar-refractivity contribution in [3.05, 3.63) is 217 Å². The summed E-state index contributed by atoms with van der Waals surface area (Å²) in [5, 5.41) is 8.50. The summed E-state index contributed by atoms with van der Waals surface area (Å²) in [5.74, 6) is 1.88. The van der Waals surface area contributed by atoms with Crippen LogP contribution in [0.3, 0.4) is 0 Å². The van der Waals surface area contributed by atoms with Crippen molar-refractivity contribution in [2.24, 2.45) is 0 Å². The van der Waals surface area contributed by atoms with Crippen molar-refractivity contribution < 1.29 is 0 Å². The first-order valence-electron chi connectivity index (χ1n) is 19.3. The van der Waals surface area contributed by atoms with Crippen molar-refractivity contribution >= 4 is 43.8 Å². The molecule has 268 valence electrons. The van der Waals surface area contributed by atoms with E-state index in [0.29, 0.717) is 17.5 Å². The highest BCUT2D eigenvalue weighted by atomic mass is 15.0. The van der Waals surface area contributed by atoms with Crippen molar-refractivity contribution in [3.8, 4) is 39.9 Å². The summed E-state index contributed by atoms with van der Waals surface area (Å²) in [7, 11) is 0. The molecule has 0 bridgehead atoms. The van der Waals surface area contributed by atoms with Crippen LogP contribution >= 0.6 is 0 Å². The Labute approximate surface area is 330 Å². The van der Waals surface area contributed by atoms with Gasteiger partial charge in [-0.15, -0.1) is 0 Å². The van der Waals surface area contributed by atoms with Gasteiger partial charge in [-0.2, -0.15) is 0 Å². The average molecular weight is 730 g/mol. The second-order valence-electron chi connectivity index (χ2n) is 14.5. The maximum atomic E-state index is 5.28. The van der Waals surface area contributed by atoms with E-state index in [4.69, 9.17) is 15.0 Å². The quantitative estimate of drug-likeness (QED) is 0.185. The van der Waals surface area contributed by atoms with Gasteiger partial charge in [0.05, 0.1) is 17.1 Å². The zero-order valence-corrected chi connectivity index (χ0v) is 30.9. The van der Waals surface area contributed by atoms with Crippen LogP contribution in [-0.2, 0) is 0 Å². The summed E-state index contributed by atoms with van der Waals surface area (Å²) in [6.07, 6.45) is 2.36. The fourth-order valence-electron chi connectivity index (χ4n) is 8.45. The van der Waals surface area contributed by atoms with E-state index in [1.165, 1.54) is 33.0 Å². The predicted molar refractivity (Wildman–Crippen MR) is 234 cm³/mol. The Bertz CT molecular complexity index is 3100. The van der Waals surface area contributed by atoms with Crippen molar-refractivity contribution in [2.75, 3.05) is 5.32 Å². The number of rotatable bonds is 6. The molecule has 57 heavy (non-hydrogen) atoms. The number of nitrogens with zero attached hydrogens (tertiary/aromatic N) is 4. The van der Waals surface area contributed by atoms with Crippen LogP contribution in [0.4, 0.5) is 5.69 Å². The lowest BCUT2D eigenvalue weighted by Gasteiger charge is -2.28. The third kappa shape index (κ3) is 5.68. The monoisotopic (exact) mass is 729 g/mol. The number of anilines is 1. The number of benzene rings is 8. The minimum Gasteiger partial charge on any atom is -0.374 e. The molecule has 1 atom stereocenters. The summed E-state index contributed by atoms with van der Waals surface area (Å²) in [6.45, 7) is 0. The smallest absolute Gasteiger partial charge is 0.164 e. The van der Waals surface area contributed by atoms with Crippen LogP contribution in [0.25, 0.3) is 78.0 Å². The molecule has 5 heteroatoms. The van der Waals surface area contributed by atoms with Crippen LogP contribution in [0.5, 0.6) is 0 Å². The van der Waals surface area contributed by atoms with E-state index in [1.54, 1.807) is 0 Å². The molecular formula is C52H35N5. The lowest BCUT2D eigenvalue weighted by atomic mass is 9.85. The van der Waals surface area contributed by atoms with Gasteiger partial charge >= 0.3 is 0 Å². The highest BCUT2D eigenvalue weighted by molar-refractivity contribution is 6.10. The molecule has 0 fully saturated rings. The number of para-hydroxylation sites is 2. The van der Waals surface area contributed by atoms with Crippen molar-refractivity contribution in [1.82, 2.24) is 19.5 Å². The van der Waals surface area contributed by atoms with E-state index in [-0.39, 0.29) is 6.04 Å². The van der Waals surface area contributed by atoms with Crippen molar-refractivity contribution in [2.45, 2.75) is 6.04 Å². The standard InChI is InChI=1S/C52H35N5/c1-4-16-34(17-5-1)44-33-46(35-18-6-2-7-19-35)53-45-31-30-39-42(49(44)45)26-15-27-43(39)52-55-50(36-20-8-3-9-21-36)54-51(56-52)37-22-14-23-38(32-37)57-47-28-12-10-24-40(47)41-25-11-13-29-48(41)57/h1-33,46,53H. The summed E-state index contributed by atoms with van der Waals surface area (Å²) in [4.78, 5) is 15.6. The first kappa shape index (κ1) is 32.8. The molecule has 1 unspecified atom stereocenters. The molecular weight excluding hydrogens is 695 g/mol. The number of fused-ring (bicyclic) bond motifs is 6. The van der Waals surface area contributed by atoms with Gasteiger partial charge in [0.2, 0.25) is 0 Å². The van der Waals surface area contributed by atoms with E-state index in [2.05, 4.69) is 192 Å². The van der Waals surface area contributed by atoms with Crippen molar-refractivity contribution in [3.63, 3.8) is 0 Å². The molecule has 3 heterocycles. The normalized spacial score (nSPS) is 13.7. The Morgan fingerprint density at radius 3 is 1.70 bits per heavy atom. The SMILES string of the molecule is C1=C(c2ccccc2)c2c(ccc3c(-c4nc(-c5ccccc5)nc(-c5cccc(-n6c7ccccc7c7ccccc76)c5)n4)cccc23)NC1c1ccccc1. The largest absolute Gasteiger partial charge is 0.374 e. The van der Waals surface area contributed by atoms with Gasteiger partial charge in [0.25, 0.3) is 0 Å². The summed E-state index contributed by atoms with van der Waals surface area (Å²) >= 11 is 0. The zero-order chi connectivity index (χ0) is 37.7. The first-order valence-corrected chi connectivity index (χ1v) is 19.3. The topological polar surface area (TPSA) is 55.6 Å². The van der Waals surface area contributed by atoms with E-state index < -0.39 is 0 Å². The van der Waals surface area contributed by atoms with Crippen molar-refractivity contribution in [1.29, 1.82) is 0 Å². The zero-order valence-electron chi connectivity index (χ0n) is 30.9. The molecule has 0 saturated heterocycles. The lowest BCUT2D eigenvalue weighted by Crippen LogP contribution is -2.15. The summed E-state index contributed by atoms with van der Waals surface area (Å²) < 4.78 is 2.33. The Morgan fingerprint density at radius 2 is 0.982 bits per heavy atom. The predicted octanol–water partition coefficient (Wildman–Crippen LogP) is 12.7. The van der Waals surface area contributed by atoms with E-state index in [9.17, 15) is 0 Å². The second-order valence-corrected chi connectivity index (χ2v) is 14.5. The van der Waals surface area contributed by atoms with Gasteiger partial charge in [0, 0.05) is 44.4 Å². The molecule has 5 nitrogen and oxygen atoms in total. The number of hydrogen-bond acceptors (Lipinski definition) is 4. The van der Waals surface area contributed by atoms with Gasteiger partial charge in [0.15, 0.2) is 17.5 Å². The highest BCUT2D eigenvalue weighted by Gasteiger charge is 2.25. The van der Waals surface area contributed by atoms with Crippen LogP contribution < -0.4 is 5.32 Å². The average Bonchev–Trinajstić information content (AvgIpc) is 3.63. The number of aromatic nitrogens is 4. The van der Waals surface area contributed by atoms with Crippen LogP contribution in [0.15, 0.2) is 200 Å². The molecule has 0 saturated carbocycles. The maximum absolute atomic E-state index is 5.28. The van der Waals surface area contributed by atoms with E-state index in [0.717, 1.165) is 49.9 Å². The Hall–Kier alpha value is -7.63. The van der Waals surface area contributed by atoms with Gasteiger partial charge in [-0.3, -0.25) is 0 Å². The second kappa shape index (κ2) is 13.6. The van der Waals surface area contributed by atoms with Gasteiger partial charge in [-0.25, -0.2) is 15.0 Å². The Morgan fingerprint density at radius 1 is 0.421 bits per heavy atom. The minimum atomic E-state index is 0.0346. The van der Waals surface area contributed by atoms with E-state index in [1.807, 2.05) is 18.2 Å². The Balaban J connectivity index is 1.09. The Kier molecular flexibility index (Phi) is 7.81. The van der Waals surface area contributed by atoms with Gasteiger partial charge in [-0.05, 0) is 63.9 Å². The number of hydrogen-bond donors (Lipinski definition) is 1. The fourth-order valence-corrected chi connectivity index (χ4v) is 8.45. The molecule has 1 aliphatic rings. The van der Waals surface area contributed by atoms with Crippen LogP contribution in [0.2, 0.25) is 0 Å². The molecule has 0 amide bonds. The van der Waals surface area contributed by atoms with Gasteiger partial charge in [-0.1, -0.05) is 164 Å². The molecule has 2 aromatic heterocycles. The molecule has 10 aromatic rings.